The van der Waals surface area contributed by atoms with Gasteiger partial charge in [-0.3, -0.25) is 9.52 Å². The van der Waals surface area contributed by atoms with Crippen LogP contribution in [0.5, 0.6) is 0 Å². The van der Waals surface area contributed by atoms with Crippen molar-refractivity contribution >= 4 is 33.0 Å². The van der Waals surface area contributed by atoms with Crippen LogP contribution in [-0.4, -0.2) is 30.3 Å². The minimum absolute atomic E-state index is 0.119. The third-order valence-electron chi connectivity index (χ3n) is 6.11. The van der Waals surface area contributed by atoms with Gasteiger partial charge in [0, 0.05) is 36.6 Å². The van der Waals surface area contributed by atoms with E-state index in [0.717, 1.165) is 33.7 Å². The number of benzene rings is 2. The summed E-state index contributed by atoms with van der Waals surface area (Å²) in [5.41, 5.74) is 5.66. The molecule has 160 valence electrons. The molecule has 1 N–H and O–H groups in total. The van der Waals surface area contributed by atoms with Gasteiger partial charge in [0.1, 0.15) is 5.65 Å². The molecule has 0 aliphatic carbocycles. The average molecular weight is 445 g/mol. The number of carbonyl (C=O) groups excluding carboxylic acids is 1. The fourth-order valence-electron chi connectivity index (χ4n) is 4.61. The Hall–Kier alpha value is -3.65. The van der Waals surface area contributed by atoms with Gasteiger partial charge in [-0.05, 0) is 60.4 Å². The van der Waals surface area contributed by atoms with Crippen LogP contribution < -0.4 is 9.62 Å². The first kappa shape index (κ1) is 19.1. The van der Waals surface area contributed by atoms with Gasteiger partial charge < -0.3 is 9.30 Å². The smallest absolute Gasteiger partial charge is 0.261 e. The van der Waals surface area contributed by atoms with Crippen LogP contribution in [0.1, 0.15) is 17.5 Å². The first-order chi connectivity index (χ1) is 15.5. The van der Waals surface area contributed by atoms with E-state index in [9.17, 15) is 13.2 Å². The lowest BCUT2D eigenvalue weighted by molar-refractivity contribution is -0.118. The van der Waals surface area contributed by atoms with E-state index in [1.165, 1.54) is 0 Å². The van der Waals surface area contributed by atoms with Gasteiger partial charge in [-0.1, -0.05) is 18.2 Å². The number of hydrogen-bond donors (Lipinski definition) is 1. The van der Waals surface area contributed by atoms with Crippen molar-refractivity contribution < 1.29 is 13.2 Å². The summed E-state index contributed by atoms with van der Waals surface area (Å²) in [6, 6.07) is 16.4. The molecular weight excluding hydrogens is 424 g/mol. The van der Waals surface area contributed by atoms with E-state index >= 15 is 0 Å². The Morgan fingerprint density at radius 2 is 1.78 bits per heavy atom. The summed E-state index contributed by atoms with van der Waals surface area (Å²) in [7, 11) is -3.78. The third kappa shape index (κ3) is 3.06. The number of carbonyl (C=O) groups is 1. The highest BCUT2D eigenvalue weighted by molar-refractivity contribution is 7.92. The first-order valence-electron chi connectivity index (χ1n) is 10.5. The number of aryl methyl sites for hydroxylation is 1. The van der Waals surface area contributed by atoms with Gasteiger partial charge in [-0.25, -0.2) is 13.4 Å². The molecule has 6 rings (SSSR count). The number of aromatic nitrogens is 2. The maximum absolute atomic E-state index is 13.2. The standard InChI is InChI=1S/C24H20N4O3S/c29-23-8-7-17-13-20(14-18-9-11-28(23)24(17)18)32(30,31)26-19-5-3-4-16(12-19)21-15-27-10-2-1-6-22(27)25-21/h1-6,10,12-15,26H,7-9,11H2. The van der Waals surface area contributed by atoms with E-state index in [1.54, 1.807) is 29.2 Å². The van der Waals surface area contributed by atoms with Gasteiger partial charge >= 0.3 is 0 Å². The summed E-state index contributed by atoms with van der Waals surface area (Å²) in [6.45, 7) is 0.624. The van der Waals surface area contributed by atoms with Gasteiger partial charge in [0.15, 0.2) is 0 Å². The number of imidazole rings is 1. The van der Waals surface area contributed by atoms with Crippen molar-refractivity contribution in [3.05, 3.63) is 78.1 Å². The number of hydrogen-bond acceptors (Lipinski definition) is 4. The third-order valence-corrected chi connectivity index (χ3v) is 7.47. The first-order valence-corrected chi connectivity index (χ1v) is 12.0. The predicted octanol–water partition coefficient (Wildman–Crippen LogP) is 3.64. The van der Waals surface area contributed by atoms with Gasteiger partial charge in [0.05, 0.1) is 16.3 Å². The molecule has 4 aromatic rings. The maximum atomic E-state index is 13.2. The lowest BCUT2D eigenvalue weighted by Gasteiger charge is -2.25. The van der Waals surface area contributed by atoms with Crippen LogP contribution in [0.15, 0.2) is 71.9 Å². The Bertz CT molecular complexity index is 1470. The fraction of sp³-hybridized carbons (Fsp3) is 0.167. The van der Waals surface area contributed by atoms with Crippen LogP contribution in [-0.2, 0) is 27.7 Å². The van der Waals surface area contributed by atoms with Crippen LogP contribution in [0, 0.1) is 0 Å². The minimum Gasteiger partial charge on any atom is -0.312 e. The van der Waals surface area contributed by atoms with E-state index in [4.69, 9.17) is 0 Å². The van der Waals surface area contributed by atoms with Crippen molar-refractivity contribution in [2.24, 2.45) is 0 Å². The molecule has 0 fully saturated rings. The highest BCUT2D eigenvalue weighted by Crippen LogP contribution is 2.38. The van der Waals surface area contributed by atoms with Gasteiger partial charge in [-0.15, -0.1) is 0 Å². The van der Waals surface area contributed by atoms with E-state index < -0.39 is 10.0 Å². The molecule has 0 spiro atoms. The molecule has 7 nitrogen and oxygen atoms in total. The molecule has 1 amide bonds. The summed E-state index contributed by atoms with van der Waals surface area (Å²) in [5, 5.41) is 0. The lowest BCUT2D eigenvalue weighted by atomic mass is 10.00. The molecular formula is C24H20N4O3S. The molecule has 2 aromatic carbocycles. The summed E-state index contributed by atoms with van der Waals surface area (Å²) < 4.78 is 31.1. The second-order valence-electron chi connectivity index (χ2n) is 8.16. The van der Waals surface area contributed by atoms with Crippen molar-refractivity contribution in [3.8, 4) is 11.3 Å². The Morgan fingerprint density at radius 3 is 2.62 bits per heavy atom. The topological polar surface area (TPSA) is 83.8 Å². The number of rotatable bonds is 4. The SMILES string of the molecule is O=C1CCc2cc(S(=O)(=O)Nc3cccc(-c4cn5ccccc5n4)c3)cc3c2N1CC3. The van der Waals surface area contributed by atoms with Crippen molar-refractivity contribution in [1.29, 1.82) is 0 Å². The number of nitrogens with one attached hydrogen (secondary N) is 1. The van der Waals surface area contributed by atoms with Crippen molar-refractivity contribution in [2.45, 2.75) is 24.2 Å². The number of nitrogens with zero attached hydrogens (tertiary/aromatic N) is 3. The Morgan fingerprint density at radius 1 is 0.938 bits per heavy atom. The largest absolute Gasteiger partial charge is 0.312 e. The monoisotopic (exact) mass is 444 g/mol. The van der Waals surface area contributed by atoms with Crippen LogP contribution in [0.4, 0.5) is 11.4 Å². The molecule has 4 heterocycles. The van der Waals surface area contributed by atoms with E-state index in [1.807, 2.05) is 47.1 Å². The summed E-state index contributed by atoms with van der Waals surface area (Å²) in [5.74, 6) is 0.119. The van der Waals surface area contributed by atoms with Gasteiger partial charge in [-0.2, -0.15) is 0 Å². The number of amides is 1. The molecule has 0 saturated carbocycles. The average Bonchev–Trinajstić information content (AvgIpc) is 3.41. The molecule has 8 heteroatoms. The zero-order valence-electron chi connectivity index (χ0n) is 17.2. The molecule has 0 radical (unpaired) electrons. The minimum atomic E-state index is -3.78. The Balaban J connectivity index is 1.33. The Kier molecular flexibility index (Phi) is 4.13. The second kappa shape index (κ2) is 6.93. The van der Waals surface area contributed by atoms with Crippen molar-refractivity contribution in [3.63, 3.8) is 0 Å². The zero-order chi connectivity index (χ0) is 21.9. The van der Waals surface area contributed by atoms with Crippen LogP contribution >= 0.6 is 0 Å². The number of fused-ring (bicyclic) bond motifs is 1. The van der Waals surface area contributed by atoms with E-state index in [2.05, 4.69) is 9.71 Å². The van der Waals surface area contributed by atoms with E-state index in [-0.39, 0.29) is 10.8 Å². The molecule has 0 unspecified atom stereocenters. The van der Waals surface area contributed by atoms with E-state index in [0.29, 0.717) is 31.5 Å². The molecule has 2 aromatic heterocycles. The molecule has 2 aliphatic rings. The molecule has 0 saturated heterocycles. The summed E-state index contributed by atoms with van der Waals surface area (Å²) in [6.07, 6.45) is 5.52. The van der Waals surface area contributed by atoms with Crippen LogP contribution in [0.2, 0.25) is 0 Å². The molecule has 32 heavy (non-hydrogen) atoms. The second-order valence-corrected chi connectivity index (χ2v) is 9.85. The highest BCUT2D eigenvalue weighted by atomic mass is 32.2. The molecule has 0 atom stereocenters. The van der Waals surface area contributed by atoms with Gasteiger partial charge in [0.25, 0.3) is 10.0 Å². The summed E-state index contributed by atoms with van der Waals surface area (Å²) in [4.78, 5) is 18.8. The summed E-state index contributed by atoms with van der Waals surface area (Å²) >= 11 is 0. The number of anilines is 2. The molecule has 0 bridgehead atoms. The number of pyridine rings is 1. The Labute approximate surface area is 185 Å². The van der Waals surface area contributed by atoms with Crippen LogP contribution in [0.3, 0.4) is 0 Å². The van der Waals surface area contributed by atoms with Crippen LogP contribution in [0.25, 0.3) is 16.9 Å². The maximum Gasteiger partial charge on any atom is 0.261 e. The zero-order valence-corrected chi connectivity index (χ0v) is 18.0. The van der Waals surface area contributed by atoms with Crippen molar-refractivity contribution in [2.75, 3.05) is 16.2 Å². The van der Waals surface area contributed by atoms with Crippen molar-refractivity contribution in [1.82, 2.24) is 9.38 Å². The fourth-order valence-corrected chi connectivity index (χ4v) is 5.76. The highest BCUT2D eigenvalue weighted by Gasteiger charge is 2.33. The lowest BCUT2D eigenvalue weighted by Crippen LogP contribution is -2.33. The molecule has 2 aliphatic heterocycles. The quantitative estimate of drug-likeness (QED) is 0.521. The predicted molar refractivity (Wildman–Crippen MR) is 122 cm³/mol. The number of sulfonamides is 1. The van der Waals surface area contributed by atoms with Gasteiger partial charge in [0.2, 0.25) is 5.91 Å². The normalized spacial score (nSPS) is 15.2.